The Bertz CT molecular complexity index is 2700. The van der Waals surface area contributed by atoms with E-state index in [1.54, 1.807) is 30.5 Å². The van der Waals surface area contributed by atoms with Crippen LogP contribution in [0.25, 0.3) is 16.6 Å². The Morgan fingerprint density at radius 3 is 2.56 bits per heavy atom. The summed E-state index contributed by atoms with van der Waals surface area (Å²) in [7, 11) is -4.61. The molecule has 1 atom stereocenters. The van der Waals surface area contributed by atoms with Crippen LogP contribution in [0.15, 0.2) is 89.6 Å². The van der Waals surface area contributed by atoms with Crippen LogP contribution in [-0.2, 0) is 16.4 Å². The Labute approximate surface area is 379 Å². The molecule has 0 radical (unpaired) electrons. The van der Waals surface area contributed by atoms with Crippen molar-refractivity contribution in [1.82, 2.24) is 19.6 Å². The van der Waals surface area contributed by atoms with Crippen molar-refractivity contribution >= 4 is 55.5 Å². The number of piperazine rings is 1. The topological polar surface area (TPSA) is 160 Å². The fourth-order valence-corrected chi connectivity index (χ4v) is 11.3. The molecule has 2 fully saturated rings. The minimum absolute atomic E-state index is 0.0315. The molecule has 2 aliphatic heterocycles. The van der Waals surface area contributed by atoms with Gasteiger partial charge in [0.2, 0.25) is 0 Å². The Morgan fingerprint density at radius 1 is 1.02 bits per heavy atom. The molecule has 1 amide bonds. The van der Waals surface area contributed by atoms with Gasteiger partial charge >= 0.3 is 0 Å². The van der Waals surface area contributed by atoms with Gasteiger partial charge in [-0.05, 0) is 96.9 Å². The highest BCUT2D eigenvalue weighted by molar-refractivity contribution is 7.90. The fourth-order valence-electron chi connectivity index (χ4n) is 10.2. The number of nitro benzene ring substituents is 1. The number of nitrogens with one attached hydrogen (secondary N) is 2. The molecule has 1 saturated heterocycles. The number of nitrogens with zero attached hydrogens (tertiary/aromatic N) is 4. The van der Waals surface area contributed by atoms with Gasteiger partial charge in [0.25, 0.3) is 21.6 Å². The average molecular weight is 908 g/mol. The number of pyridine rings is 1. The summed E-state index contributed by atoms with van der Waals surface area (Å²) in [6.07, 6.45) is 13.8. The number of aromatic amines is 1. The van der Waals surface area contributed by atoms with Gasteiger partial charge < -0.3 is 19.4 Å². The summed E-state index contributed by atoms with van der Waals surface area (Å²) in [6, 6.07) is 19.2. The molecule has 4 heterocycles. The molecular formula is C49H55ClN6O7S. The summed E-state index contributed by atoms with van der Waals surface area (Å²) in [5.41, 5.74) is 5.85. The van der Waals surface area contributed by atoms with Crippen molar-refractivity contribution < 1.29 is 27.6 Å². The van der Waals surface area contributed by atoms with Crippen molar-refractivity contribution in [3.05, 3.63) is 117 Å². The first-order valence-corrected chi connectivity index (χ1v) is 24.3. The number of carbonyl (C=O) groups excluding carboxylic acids is 1. The third-order valence-corrected chi connectivity index (χ3v) is 15.1. The Hall–Kier alpha value is -5.44. The second-order valence-electron chi connectivity index (χ2n) is 18.8. The highest BCUT2D eigenvalue weighted by Crippen LogP contribution is 2.44. The first-order chi connectivity index (χ1) is 30.8. The van der Waals surface area contributed by atoms with Gasteiger partial charge in [0.1, 0.15) is 22.9 Å². The third-order valence-electron chi connectivity index (χ3n) is 13.6. The number of aromatic nitrogens is 2. The number of sulfonamides is 1. The molecule has 0 bridgehead atoms. The maximum absolute atomic E-state index is 14.1. The maximum Gasteiger partial charge on any atom is 0.277 e. The van der Waals surface area contributed by atoms with Crippen molar-refractivity contribution in [3.63, 3.8) is 0 Å². The number of benzene rings is 3. The summed E-state index contributed by atoms with van der Waals surface area (Å²) < 4.78 is 42.4. The number of halogens is 1. The Kier molecular flexibility index (Phi) is 12.5. The van der Waals surface area contributed by atoms with Crippen molar-refractivity contribution in [3.8, 4) is 17.2 Å². The molecule has 0 spiro atoms. The normalized spacial score (nSPS) is 19.5. The second kappa shape index (κ2) is 18.2. The minimum atomic E-state index is -4.61. The van der Waals surface area contributed by atoms with Gasteiger partial charge in [-0.25, -0.2) is 18.1 Å². The van der Waals surface area contributed by atoms with Crippen LogP contribution in [0.2, 0.25) is 5.02 Å². The van der Waals surface area contributed by atoms with Gasteiger partial charge in [-0.2, -0.15) is 0 Å². The van der Waals surface area contributed by atoms with Crippen molar-refractivity contribution in [2.24, 2.45) is 17.3 Å². The number of rotatable bonds is 12. The number of hydrogen-bond acceptors (Lipinski definition) is 10. The molecule has 15 heteroatoms. The summed E-state index contributed by atoms with van der Waals surface area (Å²) in [5.74, 6) is 0.373. The molecule has 2 N–H and O–H groups in total. The minimum Gasteiger partial charge on any atom is -0.493 e. The van der Waals surface area contributed by atoms with Crippen LogP contribution < -0.4 is 19.1 Å². The van der Waals surface area contributed by atoms with Crippen LogP contribution in [0.3, 0.4) is 0 Å². The lowest BCUT2D eigenvalue weighted by molar-refractivity contribution is -0.386. The number of allylic oxidation sites excluding steroid dienone is 1. The number of ether oxygens (including phenoxy) is 2. The largest absolute Gasteiger partial charge is 0.493 e. The predicted molar refractivity (Wildman–Crippen MR) is 249 cm³/mol. The quantitative estimate of drug-likeness (QED) is 0.0911. The molecule has 4 aliphatic rings. The monoisotopic (exact) mass is 906 g/mol. The summed E-state index contributed by atoms with van der Waals surface area (Å²) >= 11 is 6.24. The van der Waals surface area contributed by atoms with E-state index in [1.165, 1.54) is 48.2 Å². The lowest BCUT2D eigenvalue weighted by Crippen LogP contribution is -2.47. The SMILES string of the molecule is CC1(C)CCC(c2ccc(Cl)cc2)=C(CN2CCN(c3ccc(C(=O)NS(=O)(=O)c4cc5c(c([N+](=O)[O-])c4)C[C@@H](CC4CCCCC4)CO5)c(Oc4cnc5[nH]ccc5c4)c3)CC2)C1. The van der Waals surface area contributed by atoms with Gasteiger partial charge in [0.15, 0.2) is 0 Å². The second-order valence-corrected chi connectivity index (χ2v) is 20.9. The lowest BCUT2D eigenvalue weighted by atomic mass is 9.73. The maximum atomic E-state index is 14.1. The zero-order valence-corrected chi connectivity index (χ0v) is 38.0. The average Bonchev–Trinajstić information content (AvgIpc) is 3.75. The van der Waals surface area contributed by atoms with E-state index in [2.05, 4.69) is 50.5 Å². The Balaban J connectivity index is 0.940. The molecular weight excluding hydrogens is 852 g/mol. The molecule has 0 unspecified atom stereocenters. The van der Waals surface area contributed by atoms with E-state index in [0.717, 1.165) is 93.4 Å². The molecule has 1 saturated carbocycles. The van der Waals surface area contributed by atoms with E-state index in [9.17, 15) is 23.3 Å². The zero-order valence-electron chi connectivity index (χ0n) is 36.4. The van der Waals surface area contributed by atoms with Crippen LogP contribution in [0.5, 0.6) is 17.2 Å². The van der Waals surface area contributed by atoms with Crippen LogP contribution in [0, 0.1) is 27.4 Å². The van der Waals surface area contributed by atoms with E-state index in [1.807, 2.05) is 18.2 Å². The number of carbonyl (C=O) groups is 1. The molecule has 9 rings (SSSR count). The molecule has 5 aromatic rings. The molecule has 2 aliphatic carbocycles. The number of anilines is 1. The van der Waals surface area contributed by atoms with Crippen LogP contribution >= 0.6 is 11.6 Å². The molecule has 2 aromatic heterocycles. The predicted octanol–water partition coefficient (Wildman–Crippen LogP) is 10.3. The highest BCUT2D eigenvalue weighted by Gasteiger charge is 2.34. The number of hydrogen-bond donors (Lipinski definition) is 2. The number of nitro groups is 1. The fraction of sp³-hybridized carbons (Fsp3) is 0.429. The van der Waals surface area contributed by atoms with E-state index < -0.39 is 25.7 Å². The summed E-state index contributed by atoms with van der Waals surface area (Å²) in [6.45, 7) is 9.01. The Morgan fingerprint density at radius 2 is 1.80 bits per heavy atom. The first kappa shape index (κ1) is 43.8. The van der Waals surface area contributed by atoms with Crippen LogP contribution in [-0.4, -0.2) is 73.4 Å². The molecule has 3 aromatic carbocycles. The molecule has 13 nitrogen and oxygen atoms in total. The van der Waals surface area contributed by atoms with Gasteiger partial charge in [-0.3, -0.25) is 19.8 Å². The highest BCUT2D eigenvalue weighted by atomic mass is 35.5. The van der Waals surface area contributed by atoms with E-state index in [0.29, 0.717) is 35.9 Å². The number of fused-ring (bicyclic) bond motifs is 2. The molecule has 336 valence electrons. The number of H-pyrrole nitrogens is 1. The van der Waals surface area contributed by atoms with Gasteiger partial charge in [-0.1, -0.05) is 75.3 Å². The smallest absolute Gasteiger partial charge is 0.277 e. The summed E-state index contributed by atoms with van der Waals surface area (Å²) in [4.78, 5) is 37.7. The lowest BCUT2D eigenvalue weighted by Gasteiger charge is -2.39. The summed E-state index contributed by atoms with van der Waals surface area (Å²) in [5, 5.41) is 13.9. The number of amides is 1. The van der Waals surface area contributed by atoms with Crippen molar-refractivity contribution in [2.45, 2.75) is 83.0 Å². The van der Waals surface area contributed by atoms with Crippen molar-refractivity contribution in [1.29, 1.82) is 0 Å². The van der Waals surface area contributed by atoms with Gasteiger partial charge in [-0.15, -0.1) is 0 Å². The first-order valence-electron chi connectivity index (χ1n) is 22.5. The van der Waals surface area contributed by atoms with Crippen LogP contribution in [0.4, 0.5) is 11.4 Å². The van der Waals surface area contributed by atoms with Crippen molar-refractivity contribution in [2.75, 3.05) is 44.2 Å². The van der Waals surface area contributed by atoms with Gasteiger partial charge in [0, 0.05) is 73.2 Å². The van der Waals surface area contributed by atoms with E-state index in [4.69, 9.17) is 21.1 Å². The van der Waals surface area contributed by atoms with E-state index in [-0.39, 0.29) is 34.1 Å². The van der Waals surface area contributed by atoms with E-state index >= 15 is 0 Å². The van der Waals surface area contributed by atoms with Gasteiger partial charge in [0.05, 0.1) is 33.7 Å². The third kappa shape index (κ3) is 9.79. The zero-order chi connectivity index (χ0) is 44.6. The molecule has 64 heavy (non-hydrogen) atoms. The van der Waals surface area contributed by atoms with Crippen LogP contribution in [0.1, 0.15) is 93.1 Å². The standard InChI is InChI=1S/C49H55ClN6O7S/c1-49(2)16-14-41(34-8-10-37(50)11-9-34)36(28-49)30-54-18-20-55(21-19-54)38-12-13-42(46(25-38)63-39-24-35-15-17-51-47(35)52-29-39)48(57)53-64(60,61)40-26-44(56(58)59)43-23-33(31-62-45(43)27-40)22-32-6-4-3-5-7-32/h8-13,15,17,24-27,29,32-33H,3-7,14,16,18-23,28,30-31H2,1-2H3,(H,51,52)(H,53,57)/t33-/m1/s1.